The van der Waals surface area contributed by atoms with Crippen molar-refractivity contribution in [1.82, 2.24) is 0 Å². The average molecular weight is 142 g/mol. The van der Waals surface area contributed by atoms with Crippen LogP contribution >= 0.6 is 0 Å². The van der Waals surface area contributed by atoms with Crippen LogP contribution in [0.5, 0.6) is 0 Å². The summed E-state index contributed by atoms with van der Waals surface area (Å²) in [6, 6.07) is 0. The van der Waals surface area contributed by atoms with Crippen LogP contribution in [0.15, 0.2) is 0 Å². The van der Waals surface area contributed by atoms with Crippen LogP contribution in [-0.2, 0) is 4.74 Å². The van der Waals surface area contributed by atoms with Crippen LogP contribution in [0, 0.1) is 0 Å². The molecule has 0 aromatic rings. The van der Waals surface area contributed by atoms with Crippen LogP contribution in [0.3, 0.4) is 0 Å². The van der Waals surface area contributed by atoms with E-state index in [4.69, 9.17) is 4.74 Å². The summed E-state index contributed by atoms with van der Waals surface area (Å²) >= 11 is 0. The fraction of sp³-hybridized carbons (Fsp3) is 1.00. The Morgan fingerprint density at radius 3 is 2.40 bits per heavy atom. The van der Waals surface area contributed by atoms with Crippen LogP contribution in [0.25, 0.3) is 0 Å². The summed E-state index contributed by atoms with van der Waals surface area (Å²) in [6.07, 6.45) is 5.48. The molecule has 1 fully saturated rings. The molecular formula is C9H18O. The van der Waals surface area contributed by atoms with Gasteiger partial charge in [0.2, 0.25) is 0 Å². The third-order valence-electron chi connectivity index (χ3n) is 2.46. The molecule has 1 aliphatic heterocycles. The normalized spacial score (nSPS) is 39.3. The molecule has 1 rings (SSSR count). The zero-order chi connectivity index (χ0) is 7.61. The molecule has 10 heavy (non-hydrogen) atoms. The third-order valence-corrected chi connectivity index (χ3v) is 2.46. The first-order valence-electron chi connectivity index (χ1n) is 4.40. The largest absolute Gasteiger partial charge is 0.372 e. The molecule has 60 valence electrons. The lowest BCUT2D eigenvalue weighted by Gasteiger charge is -2.46. The summed E-state index contributed by atoms with van der Waals surface area (Å²) in [5, 5.41) is 0. The van der Waals surface area contributed by atoms with Crippen molar-refractivity contribution in [1.29, 1.82) is 0 Å². The average Bonchev–Trinajstić information content (AvgIpc) is 1.84. The Bertz CT molecular complexity index is 97.8. The molecular weight excluding hydrogens is 124 g/mol. The smallest absolute Gasteiger partial charge is 0.0708 e. The second kappa shape index (κ2) is 2.91. The quantitative estimate of drug-likeness (QED) is 0.588. The zero-order valence-corrected chi connectivity index (χ0v) is 7.31. The Kier molecular flexibility index (Phi) is 2.35. The maximum atomic E-state index is 5.72. The molecule has 0 bridgehead atoms. The van der Waals surface area contributed by atoms with Crippen molar-refractivity contribution in [3.8, 4) is 0 Å². The zero-order valence-electron chi connectivity index (χ0n) is 7.31. The molecule has 0 aliphatic carbocycles. The van der Waals surface area contributed by atoms with Crippen molar-refractivity contribution < 1.29 is 4.74 Å². The van der Waals surface area contributed by atoms with Gasteiger partial charge in [-0.2, -0.15) is 0 Å². The van der Waals surface area contributed by atoms with Crippen molar-refractivity contribution >= 4 is 0 Å². The highest BCUT2D eigenvalue weighted by molar-refractivity contribution is 4.90. The summed E-state index contributed by atoms with van der Waals surface area (Å²) in [5.41, 5.74) is 0.286. The van der Waals surface area contributed by atoms with Gasteiger partial charge < -0.3 is 4.74 Å². The van der Waals surface area contributed by atoms with Crippen molar-refractivity contribution in [2.75, 3.05) is 0 Å². The second-order valence-corrected chi connectivity index (χ2v) is 3.42. The fourth-order valence-corrected chi connectivity index (χ4v) is 1.96. The molecule has 2 atom stereocenters. The van der Waals surface area contributed by atoms with E-state index in [1.165, 1.54) is 25.7 Å². The van der Waals surface area contributed by atoms with Crippen LogP contribution in [0.2, 0.25) is 0 Å². The lowest BCUT2D eigenvalue weighted by molar-refractivity contribution is -0.203. The van der Waals surface area contributed by atoms with E-state index in [0.29, 0.717) is 6.10 Å². The van der Waals surface area contributed by atoms with Gasteiger partial charge in [0, 0.05) is 6.42 Å². The van der Waals surface area contributed by atoms with Gasteiger partial charge in [0.05, 0.1) is 11.7 Å². The van der Waals surface area contributed by atoms with E-state index >= 15 is 0 Å². The molecule has 1 heterocycles. The minimum absolute atomic E-state index is 0.286. The van der Waals surface area contributed by atoms with Gasteiger partial charge in [0.15, 0.2) is 0 Å². The van der Waals surface area contributed by atoms with Gasteiger partial charge >= 0.3 is 0 Å². The molecule has 0 spiro atoms. The molecule has 0 aromatic carbocycles. The predicted molar refractivity (Wildman–Crippen MR) is 43.1 cm³/mol. The van der Waals surface area contributed by atoms with E-state index in [1.54, 1.807) is 0 Å². The molecule has 0 amide bonds. The Morgan fingerprint density at radius 1 is 1.50 bits per heavy atom. The second-order valence-electron chi connectivity index (χ2n) is 3.42. The SMILES string of the molecule is CCCC1(CC)CC(C)O1. The van der Waals surface area contributed by atoms with Crippen LogP contribution < -0.4 is 0 Å². The van der Waals surface area contributed by atoms with Crippen molar-refractivity contribution in [3.05, 3.63) is 0 Å². The van der Waals surface area contributed by atoms with Gasteiger partial charge in [-0.15, -0.1) is 0 Å². The van der Waals surface area contributed by atoms with E-state index in [-0.39, 0.29) is 5.60 Å². The summed E-state index contributed by atoms with van der Waals surface area (Å²) in [5.74, 6) is 0. The summed E-state index contributed by atoms with van der Waals surface area (Å²) in [6.45, 7) is 6.61. The molecule has 1 heteroatoms. The van der Waals surface area contributed by atoms with E-state index < -0.39 is 0 Å². The minimum atomic E-state index is 0.286. The van der Waals surface area contributed by atoms with E-state index in [9.17, 15) is 0 Å². The lowest BCUT2D eigenvalue weighted by Crippen LogP contribution is -2.48. The third kappa shape index (κ3) is 1.34. The van der Waals surface area contributed by atoms with Gasteiger partial charge in [-0.3, -0.25) is 0 Å². The predicted octanol–water partition coefficient (Wildman–Crippen LogP) is 2.74. The number of ether oxygens (including phenoxy) is 1. The molecule has 1 saturated heterocycles. The number of hydrogen-bond donors (Lipinski definition) is 0. The minimum Gasteiger partial charge on any atom is -0.372 e. The first-order valence-corrected chi connectivity index (χ1v) is 4.40. The molecule has 0 saturated carbocycles. The Morgan fingerprint density at radius 2 is 2.10 bits per heavy atom. The number of hydrogen-bond acceptors (Lipinski definition) is 1. The molecule has 0 aromatic heterocycles. The highest BCUT2D eigenvalue weighted by atomic mass is 16.5. The Hall–Kier alpha value is -0.0400. The van der Waals surface area contributed by atoms with Crippen molar-refractivity contribution in [2.45, 2.75) is 58.2 Å². The molecule has 0 N–H and O–H groups in total. The van der Waals surface area contributed by atoms with Crippen LogP contribution in [0.4, 0.5) is 0 Å². The first kappa shape index (κ1) is 8.06. The molecule has 2 unspecified atom stereocenters. The topological polar surface area (TPSA) is 9.23 Å². The van der Waals surface area contributed by atoms with Gasteiger partial charge in [-0.1, -0.05) is 20.3 Å². The van der Waals surface area contributed by atoms with Gasteiger partial charge in [-0.05, 0) is 19.8 Å². The Balaban J connectivity index is 2.32. The van der Waals surface area contributed by atoms with Gasteiger partial charge in [0.25, 0.3) is 0 Å². The molecule has 1 aliphatic rings. The van der Waals surface area contributed by atoms with Crippen molar-refractivity contribution in [3.63, 3.8) is 0 Å². The summed E-state index contributed by atoms with van der Waals surface area (Å²) in [7, 11) is 0. The molecule has 1 nitrogen and oxygen atoms in total. The van der Waals surface area contributed by atoms with E-state index in [0.717, 1.165) is 0 Å². The fourth-order valence-electron chi connectivity index (χ4n) is 1.96. The number of rotatable bonds is 3. The maximum absolute atomic E-state index is 5.72. The van der Waals surface area contributed by atoms with Gasteiger partial charge in [-0.25, -0.2) is 0 Å². The highest BCUT2D eigenvalue weighted by Gasteiger charge is 2.40. The monoisotopic (exact) mass is 142 g/mol. The standard InChI is InChI=1S/C9H18O/c1-4-6-9(5-2)7-8(3)10-9/h8H,4-7H2,1-3H3. The van der Waals surface area contributed by atoms with E-state index in [1.807, 2.05) is 0 Å². The maximum Gasteiger partial charge on any atom is 0.0708 e. The lowest BCUT2D eigenvalue weighted by atomic mass is 9.83. The van der Waals surface area contributed by atoms with Crippen LogP contribution in [0.1, 0.15) is 46.5 Å². The van der Waals surface area contributed by atoms with Crippen molar-refractivity contribution in [2.24, 2.45) is 0 Å². The molecule has 0 radical (unpaired) electrons. The summed E-state index contributed by atoms with van der Waals surface area (Å²) in [4.78, 5) is 0. The highest BCUT2D eigenvalue weighted by Crippen LogP contribution is 2.38. The summed E-state index contributed by atoms with van der Waals surface area (Å²) < 4.78 is 5.72. The van der Waals surface area contributed by atoms with Crippen LogP contribution in [-0.4, -0.2) is 11.7 Å². The first-order chi connectivity index (χ1) is 4.72. The van der Waals surface area contributed by atoms with Gasteiger partial charge in [0.1, 0.15) is 0 Å². The Labute approximate surface area is 63.8 Å². The van der Waals surface area contributed by atoms with E-state index in [2.05, 4.69) is 20.8 Å².